The third kappa shape index (κ3) is 5.67. The number of hydrogen-bond donors (Lipinski definition) is 0. The molecule has 0 aliphatic carbocycles. The second-order valence-corrected chi connectivity index (χ2v) is 6.68. The average molecular weight is 428 g/mol. The third-order valence-corrected chi connectivity index (χ3v) is 4.47. The lowest BCUT2D eigenvalue weighted by atomic mass is 10.0. The number of rotatable bonds is 8. The van der Waals surface area contributed by atoms with Crippen LogP contribution in [0.3, 0.4) is 0 Å². The van der Waals surface area contributed by atoms with Crippen LogP contribution < -0.4 is 0 Å². The topological polar surface area (TPSA) is 120 Å². The Labute approximate surface area is 182 Å². The summed E-state index contributed by atoms with van der Waals surface area (Å²) in [7, 11) is 0. The molecule has 0 aliphatic rings. The van der Waals surface area contributed by atoms with E-state index in [4.69, 9.17) is 0 Å². The average Bonchev–Trinajstić information content (AvgIpc) is 2.81. The molecule has 0 radical (unpaired) electrons. The van der Waals surface area contributed by atoms with Crippen molar-refractivity contribution in [2.45, 2.75) is 0 Å². The van der Waals surface area contributed by atoms with Gasteiger partial charge in [0.05, 0.1) is 9.85 Å². The zero-order valence-corrected chi connectivity index (χ0v) is 16.6. The molecule has 0 amide bonds. The van der Waals surface area contributed by atoms with Crippen LogP contribution in [-0.2, 0) is 0 Å². The smallest absolute Gasteiger partial charge is 0.270 e. The minimum atomic E-state index is -0.512. The number of non-ortho nitro benzene ring substituents is 2. The van der Waals surface area contributed by atoms with E-state index in [-0.39, 0.29) is 22.9 Å². The molecule has 8 nitrogen and oxygen atoms in total. The van der Waals surface area contributed by atoms with Crippen LogP contribution in [-0.4, -0.2) is 21.4 Å². The largest absolute Gasteiger partial charge is 0.289 e. The molecule has 0 spiro atoms. The first-order valence-electron chi connectivity index (χ1n) is 9.37. The summed E-state index contributed by atoms with van der Waals surface area (Å²) in [5, 5.41) is 21.6. The van der Waals surface area contributed by atoms with Gasteiger partial charge in [0.15, 0.2) is 11.6 Å². The van der Waals surface area contributed by atoms with Gasteiger partial charge in [-0.15, -0.1) is 0 Å². The molecule has 158 valence electrons. The summed E-state index contributed by atoms with van der Waals surface area (Å²) in [6.07, 6.45) is 5.57. The lowest BCUT2D eigenvalue weighted by molar-refractivity contribution is -0.385. The second kappa shape index (κ2) is 9.86. The highest BCUT2D eigenvalue weighted by Crippen LogP contribution is 2.16. The zero-order chi connectivity index (χ0) is 23.1. The fourth-order valence-electron chi connectivity index (χ4n) is 2.82. The van der Waals surface area contributed by atoms with Gasteiger partial charge in [-0.3, -0.25) is 29.8 Å². The van der Waals surface area contributed by atoms with Crippen molar-refractivity contribution < 1.29 is 19.4 Å². The van der Waals surface area contributed by atoms with E-state index in [0.717, 1.165) is 0 Å². The molecule has 0 atom stereocenters. The van der Waals surface area contributed by atoms with Crippen molar-refractivity contribution in [3.05, 3.63) is 127 Å². The summed E-state index contributed by atoms with van der Waals surface area (Å²) in [5.74, 6) is -0.634. The van der Waals surface area contributed by atoms with Crippen molar-refractivity contribution in [1.82, 2.24) is 0 Å². The van der Waals surface area contributed by atoms with Crippen molar-refractivity contribution in [2.75, 3.05) is 0 Å². The predicted molar refractivity (Wildman–Crippen MR) is 119 cm³/mol. The zero-order valence-electron chi connectivity index (χ0n) is 16.6. The van der Waals surface area contributed by atoms with E-state index in [1.54, 1.807) is 12.1 Å². The number of allylic oxidation sites excluding steroid dienone is 2. The summed E-state index contributed by atoms with van der Waals surface area (Å²) in [5.41, 5.74) is 1.61. The van der Waals surface area contributed by atoms with Crippen molar-refractivity contribution in [2.24, 2.45) is 0 Å². The van der Waals surface area contributed by atoms with E-state index < -0.39 is 9.85 Å². The Morgan fingerprint density at radius 1 is 0.625 bits per heavy atom. The fraction of sp³-hybridized carbons (Fsp3) is 0. The van der Waals surface area contributed by atoms with Crippen molar-refractivity contribution in [3.8, 4) is 0 Å². The Morgan fingerprint density at radius 2 is 1.00 bits per heavy atom. The quantitative estimate of drug-likeness (QED) is 0.208. The lowest BCUT2D eigenvalue weighted by Gasteiger charge is -2.00. The molecule has 0 saturated heterocycles. The van der Waals surface area contributed by atoms with Crippen LogP contribution >= 0.6 is 0 Å². The van der Waals surface area contributed by atoms with Gasteiger partial charge in [-0.05, 0) is 23.3 Å². The van der Waals surface area contributed by atoms with E-state index in [2.05, 4.69) is 0 Å². The fourth-order valence-corrected chi connectivity index (χ4v) is 2.82. The van der Waals surface area contributed by atoms with Crippen molar-refractivity contribution >= 4 is 35.1 Å². The van der Waals surface area contributed by atoms with Crippen LogP contribution in [0, 0.1) is 20.2 Å². The number of ketones is 2. The van der Waals surface area contributed by atoms with Gasteiger partial charge in [0.1, 0.15) is 0 Å². The molecule has 32 heavy (non-hydrogen) atoms. The van der Waals surface area contributed by atoms with Crippen LogP contribution in [0.2, 0.25) is 0 Å². The number of benzene rings is 3. The predicted octanol–water partition coefficient (Wildman–Crippen LogP) is 5.30. The van der Waals surface area contributed by atoms with E-state index in [1.165, 1.54) is 85.0 Å². The summed E-state index contributed by atoms with van der Waals surface area (Å²) in [6, 6.07) is 17.8. The van der Waals surface area contributed by atoms with Crippen LogP contribution in [0.1, 0.15) is 31.8 Å². The Hall–Kier alpha value is -4.72. The first-order valence-corrected chi connectivity index (χ1v) is 9.37. The first kappa shape index (κ1) is 22.0. The minimum absolute atomic E-state index is 0.0689. The summed E-state index contributed by atoms with van der Waals surface area (Å²) in [6.45, 7) is 0. The Morgan fingerprint density at radius 3 is 1.34 bits per heavy atom. The molecule has 3 aromatic rings. The van der Waals surface area contributed by atoms with Gasteiger partial charge in [0.2, 0.25) is 0 Å². The van der Waals surface area contributed by atoms with Gasteiger partial charge < -0.3 is 0 Å². The van der Waals surface area contributed by atoms with Crippen LogP contribution in [0.15, 0.2) is 84.9 Å². The van der Waals surface area contributed by atoms with Gasteiger partial charge >= 0.3 is 0 Å². The summed E-state index contributed by atoms with van der Waals surface area (Å²) in [4.78, 5) is 45.3. The molecule has 3 rings (SSSR count). The van der Waals surface area contributed by atoms with Crippen LogP contribution in [0.5, 0.6) is 0 Å². The van der Waals surface area contributed by atoms with Gasteiger partial charge in [-0.2, -0.15) is 0 Å². The van der Waals surface area contributed by atoms with Gasteiger partial charge in [0, 0.05) is 35.4 Å². The Bertz CT molecular complexity index is 1160. The van der Waals surface area contributed by atoms with Crippen LogP contribution in [0.25, 0.3) is 12.2 Å². The molecule has 0 unspecified atom stereocenters. The Kier molecular flexibility index (Phi) is 6.77. The molecular formula is C24H16N2O6. The molecule has 3 aromatic carbocycles. The number of nitro benzene ring substituents is 2. The molecule has 0 bridgehead atoms. The van der Waals surface area contributed by atoms with Gasteiger partial charge in [-0.25, -0.2) is 0 Å². The summed E-state index contributed by atoms with van der Waals surface area (Å²) >= 11 is 0. The molecule has 0 saturated carbocycles. The highest BCUT2D eigenvalue weighted by molar-refractivity contribution is 6.09. The third-order valence-electron chi connectivity index (χ3n) is 4.47. The number of nitro groups is 2. The number of carbonyl (C=O) groups is 2. The molecule has 0 heterocycles. The molecule has 0 fully saturated rings. The monoisotopic (exact) mass is 428 g/mol. The summed E-state index contributed by atoms with van der Waals surface area (Å²) < 4.78 is 0. The highest BCUT2D eigenvalue weighted by Gasteiger charge is 2.08. The molecule has 0 N–H and O–H groups in total. The normalized spacial score (nSPS) is 11.0. The Balaban J connectivity index is 1.67. The second-order valence-electron chi connectivity index (χ2n) is 6.68. The molecule has 0 aromatic heterocycles. The maximum Gasteiger partial charge on any atom is 0.270 e. The van der Waals surface area contributed by atoms with Gasteiger partial charge in [0.25, 0.3) is 11.4 Å². The molecular weight excluding hydrogens is 412 g/mol. The molecule has 0 aliphatic heterocycles. The number of carbonyl (C=O) groups excluding carboxylic acids is 2. The first-order chi connectivity index (χ1) is 15.3. The SMILES string of the molecule is O=C(/C=C/c1cccc([N+](=O)[O-])c1)c1ccc(C(=O)/C=C/c2cccc([N+](=O)[O-])c2)cc1. The van der Waals surface area contributed by atoms with Crippen LogP contribution in [0.4, 0.5) is 11.4 Å². The standard InChI is InChI=1S/C24H16N2O6/c27-23(13-7-17-3-1-5-21(15-17)25(29)30)19-9-11-20(12-10-19)24(28)14-8-18-4-2-6-22(16-18)26(31)32/h1-16H/b13-7+,14-8+. The van der Waals surface area contributed by atoms with E-state index in [0.29, 0.717) is 22.3 Å². The van der Waals surface area contributed by atoms with Crippen molar-refractivity contribution in [3.63, 3.8) is 0 Å². The number of hydrogen-bond acceptors (Lipinski definition) is 6. The minimum Gasteiger partial charge on any atom is -0.289 e. The lowest BCUT2D eigenvalue weighted by Crippen LogP contribution is -1.98. The van der Waals surface area contributed by atoms with E-state index in [9.17, 15) is 29.8 Å². The van der Waals surface area contributed by atoms with E-state index >= 15 is 0 Å². The number of nitrogens with zero attached hydrogens (tertiary/aromatic N) is 2. The molecule has 8 heteroatoms. The van der Waals surface area contributed by atoms with Crippen molar-refractivity contribution in [1.29, 1.82) is 0 Å². The van der Waals surface area contributed by atoms with Gasteiger partial charge in [-0.1, -0.05) is 60.7 Å². The van der Waals surface area contributed by atoms with E-state index in [1.807, 2.05) is 0 Å². The maximum atomic E-state index is 12.3. The highest BCUT2D eigenvalue weighted by atomic mass is 16.6. The maximum absolute atomic E-state index is 12.3.